The molecule has 0 radical (unpaired) electrons. The van der Waals surface area contributed by atoms with Gasteiger partial charge in [0.05, 0.1) is 6.54 Å². The van der Waals surface area contributed by atoms with E-state index >= 15 is 0 Å². The van der Waals surface area contributed by atoms with E-state index in [0.29, 0.717) is 6.04 Å². The molecule has 1 heterocycles. The zero-order chi connectivity index (χ0) is 14.7. The second-order valence-electron chi connectivity index (χ2n) is 5.06. The largest absolute Gasteiger partial charge is 0.350 e. The van der Waals surface area contributed by atoms with Gasteiger partial charge in [0, 0.05) is 11.7 Å². The average molecular weight is 275 g/mol. The molecule has 0 aliphatic carbocycles. The Bertz CT molecular complexity index is 494. The van der Waals surface area contributed by atoms with E-state index in [2.05, 4.69) is 17.6 Å². The summed E-state index contributed by atoms with van der Waals surface area (Å²) in [5, 5.41) is 5.61. The van der Waals surface area contributed by atoms with Gasteiger partial charge in [0.25, 0.3) is 0 Å². The molecule has 1 saturated heterocycles. The molecule has 1 aromatic rings. The molecule has 1 aromatic carbocycles. The normalized spacial score (nSPS) is 20.8. The van der Waals surface area contributed by atoms with Crippen molar-refractivity contribution in [3.63, 3.8) is 0 Å². The van der Waals surface area contributed by atoms with E-state index in [1.54, 1.807) is 6.92 Å². The first kappa shape index (κ1) is 14.5. The highest BCUT2D eigenvalue weighted by atomic mass is 16.2. The Morgan fingerprint density at radius 3 is 2.55 bits per heavy atom. The highest BCUT2D eigenvalue weighted by molar-refractivity contribution is 6.04. The number of nitrogens with one attached hydrogen (secondary N) is 2. The monoisotopic (exact) mass is 275 g/mol. The number of anilines is 1. The Balaban J connectivity index is 2.20. The minimum atomic E-state index is -0.329. The van der Waals surface area contributed by atoms with Gasteiger partial charge in [-0.3, -0.25) is 14.9 Å². The standard InChI is InChI=1S/C15H21N3O2/c1-4-13(16-3)11-5-7-12(8-6-11)18-9-14(19)17-15(20)10(18)2/h5-8,10,13,16H,4,9H2,1-3H3,(H,17,19,20). The summed E-state index contributed by atoms with van der Waals surface area (Å²) in [6.07, 6.45) is 1.01. The summed E-state index contributed by atoms with van der Waals surface area (Å²) in [6, 6.07) is 8.03. The third-order valence-electron chi connectivity index (χ3n) is 3.81. The molecule has 20 heavy (non-hydrogen) atoms. The van der Waals surface area contributed by atoms with Crippen molar-refractivity contribution in [3.8, 4) is 0 Å². The number of rotatable bonds is 4. The van der Waals surface area contributed by atoms with Crippen LogP contribution in [0.4, 0.5) is 5.69 Å². The number of piperazine rings is 1. The van der Waals surface area contributed by atoms with Crippen molar-refractivity contribution in [2.45, 2.75) is 32.4 Å². The highest BCUT2D eigenvalue weighted by Crippen LogP contribution is 2.23. The summed E-state index contributed by atoms with van der Waals surface area (Å²) in [5.74, 6) is -0.495. The van der Waals surface area contributed by atoms with Crippen molar-refractivity contribution < 1.29 is 9.59 Å². The fraction of sp³-hybridized carbons (Fsp3) is 0.467. The van der Waals surface area contributed by atoms with Gasteiger partial charge in [0.2, 0.25) is 11.8 Å². The fourth-order valence-corrected chi connectivity index (χ4v) is 2.53. The summed E-state index contributed by atoms with van der Waals surface area (Å²) in [5.41, 5.74) is 2.11. The summed E-state index contributed by atoms with van der Waals surface area (Å²) in [4.78, 5) is 25.0. The van der Waals surface area contributed by atoms with Gasteiger partial charge >= 0.3 is 0 Å². The molecular formula is C15H21N3O2. The minimum absolute atomic E-state index is 0.218. The third-order valence-corrected chi connectivity index (χ3v) is 3.81. The maximum atomic E-state index is 11.7. The lowest BCUT2D eigenvalue weighted by Crippen LogP contribution is -2.57. The van der Waals surface area contributed by atoms with Crippen molar-refractivity contribution in [2.75, 3.05) is 18.5 Å². The van der Waals surface area contributed by atoms with E-state index < -0.39 is 0 Å². The van der Waals surface area contributed by atoms with E-state index in [9.17, 15) is 9.59 Å². The molecule has 0 bridgehead atoms. The molecule has 1 aliphatic rings. The average Bonchev–Trinajstić information content (AvgIpc) is 2.45. The lowest BCUT2D eigenvalue weighted by molar-refractivity contribution is -0.132. The topological polar surface area (TPSA) is 61.4 Å². The fourth-order valence-electron chi connectivity index (χ4n) is 2.53. The van der Waals surface area contributed by atoms with E-state index in [-0.39, 0.29) is 24.4 Å². The number of amides is 2. The Labute approximate surface area is 119 Å². The van der Waals surface area contributed by atoms with Crippen LogP contribution in [0.1, 0.15) is 31.9 Å². The van der Waals surface area contributed by atoms with Gasteiger partial charge in [-0.05, 0) is 38.1 Å². The number of carbonyl (C=O) groups is 2. The van der Waals surface area contributed by atoms with E-state index in [1.165, 1.54) is 5.56 Å². The molecule has 5 nitrogen and oxygen atoms in total. The number of benzene rings is 1. The molecule has 2 amide bonds. The van der Waals surface area contributed by atoms with Gasteiger partial charge in [-0.15, -0.1) is 0 Å². The van der Waals surface area contributed by atoms with Crippen LogP contribution in [0, 0.1) is 0 Å². The van der Waals surface area contributed by atoms with E-state index in [1.807, 2.05) is 36.2 Å². The number of carbonyl (C=O) groups excluding carboxylic acids is 2. The molecule has 1 aliphatic heterocycles. The van der Waals surface area contributed by atoms with Crippen molar-refractivity contribution in [3.05, 3.63) is 29.8 Å². The molecule has 2 atom stereocenters. The second-order valence-corrected chi connectivity index (χ2v) is 5.06. The van der Waals surface area contributed by atoms with Crippen LogP contribution in [0.5, 0.6) is 0 Å². The SMILES string of the molecule is CCC(NC)c1ccc(N2CC(=O)NC(=O)C2C)cc1. The lowest BCUT2D eigenvalue weighted by atomic mass is 10.0. The molecule has 0 aromatic heterocycles. The summed E-state index contributed by atoms with van der Waals surface area (Å²) in [7, 11) is 1.94. The van der Waals surface area contributed by atoms with Crippen molar-refractivity contribution in [1.29, 1.82) is 0 Å². The number of hydrogen-bond acceptors (Lipinski definition) is 4. The molecule has 108 valence electrons. The van der Waals surface area contributed by atoms with Crippen molar-refractivity contribution in [1.82, 2.24) is 10.6 Å². The predicted octanol–water partition coefficient (Wildman–Crippen LogP) is 1.21. The molecule has 2 N–H and O–H groups in total. The zero-order valence-corrected chi connectivity index (χ0v) is 12.1. The Morgan fingerprint density at radius 1 is 1.35 bits per heavy atom. The van der Waals surface area contributed by atoms with Gasteiger partial charge in [-0.1, -0.05) is 19.1 Å². The number of nitrogens with zero attached hydrogens (tertiary/aromatic N) is 1. The molecule has 2 unspecified atom stereocenters. The van der Waals surface area contributed by atoms with Gasteiger partial charge in [-0.25, -0.2) is 0 Å². The summed E-state index contributed by atoms with van der Waals surface area (Å²) >= 11 is 0. The van der Waals surface area contributed by atoms with Gasteiger partial charge in [-0.2, -0.15) is 0 Å². The van der Waals surface area contributed by atoms with Crippen LogP contribution < -0.4 is 15.5 Å². The Hall–Kier alpha value is -1.88. The first-order valence-corrected chi connectivity index (χ1v) is 6.94. The third kappa shape index (κ3) is 2.82. The highest BCUT2D eigenvalue weighted by Gasteiger charge is 2.30. The smallest absolute Gasteiger partial charge is 0.249 e. The van der Waals surface area contributed by atoms with Crippen LogP contribution in [-0.2, 0) is 9.59 Å². The van der Waals surface area contributed by atoms with E-state index in [0.717, 1.165) is 12.1 Å². The van der Waals surface area contributed by atoms with Crippen LogP contribution in [0.15, 0.2) is 24.3 Å². The predicted molar refractivity (Wildman–Crippen MR) is 78.5 cm³/mol. The molecule has 0 spiro atoms. The van der Waals surface area contributed by atoms with Gasteiger partial charge in [0.15, 0.2) is 0 Å². The second kappa shape index (κ2) is 6.05. The summed E-state index contributed by atoms with van der Waals surface area (Å²) < 4.78 is 0. The molecular weight excluding hydrogens is 254 g/mol. The van der Waals surface area contributed by atoms with Crippen LogP contribution >= 0.6 is 0 Å². The Kier molecular flexibility index (Phi) is 4.39. The van der Waals surface area contributed by atoms with Crippen LogP contribution in [0.25, 0.3) is 0 Å². The lowest BCUT2D eigenvalue weighted by Gasteiger charge is -2.33. The Morgan fingerprint density at radius 2 is 2.00 bits per heavy atom. The van der Waals surface area contributed by atoms with Crippen LogP contribution in [0.2, 0.25) is 0 Å². The minimum Gasteiger partial charge on any atom is -0.350 e. The number of imide groups is 1. The maximum absolute atomic E-state index is 11.7. The van der Waals surface area contributed by atoms with Crippen LogP contribution in [0.3, 0.4) is 0 Å². The molecule has 1 fully saturated rings. The zero-order valence-electron chi connectivity index (χ0n) is 12.1. The first-order chi connectivity index (χ1) is 9.56. The molecule has 2 rings (SSSR count). The first-order valence-electron chi connectivity index (χ1n) is 6.94. The van der Waals surface area contributed by atoms with Gasteiger partial charge < -0.3 is 10.2 Å². The molecule has 5 heteroatoms. The van der Waals surface area contributed by atoms with Crippen molar-refractivity contribution >= 4 is 17.5 Å². The summed E-state index contributed by atoms with van der Waals surface area (Å²) in [6.45, 7) is 4.15. The molecule has 0 saturated carbocycles. The quantitative estimate of drug-likeness (QED) is 0.811. The van der Waals surface area contributed by atoms with Crippen LogP contribution in [-0.4, -0.2) is 31.4 Å². The van der Waals surface area contributed by atoms with Gasteiger partial charge in [0.1, 0.15) is 6.04 Å². The maximum Gasteiger partial charge on any atom is 0.249 e. The van der Waals surface area contributed by atoms with Crippen molar-refractivity contribution in [2.24, 2.45) is 0 Å². The van der Waals surface area contributed by atoms with E-state index in [4.69, 9.17) is 0 Å². The number of hydrogen-bond donors (Lipinski definition) is 2.